The average Bonchev–Trinajstić information content (AvgIpc) is 2.63. The van der Waals surface area contributed by atoms with Crippen molar-refractivity contribution in [3.63, 3.8) is 0 Å². The molecule has 7 heteroatoms. The number of aryl methyl sites for hydroxylation is 2. The van der Waals surface area contributed by atoms with Gasteiger partial charge in [0.2, 0.25) is 0 Å². The summed E-state index contributed by atoms with van der Waals surface area (Å²) < 4.78 is 28.5. The van der Waals surface area contributed by atoms with Gasteiger partial charge < -0.3 is 9.67 Å². The lowest BCUT2D eigenvalue weighted by Gasteiger charge is -2.25. The summed E-state index contributed by atoms with van der Waals surface area (Å²) in [5.41, 5.74) is 0. The molecule has 0 saturated heterocycles. The molecule has 1 aliphatic carbocycles. The highest BCUT2D eigenvalue weighted by molar-refractivity contribution is 7.89. The summed E-state index contributed by atoms with van der Waals surface area (Å²) in [7, 11) is -1.78. The lowest BCUT2D eigenvalue weighted by atomic mass is 9.94. The second-order valence-electron chi connectivity index (χ2n) is 4.86. The summed E-state index contributed by atoms with van der Waals surface area (Å²) in [5, 5.41) is 9.45. The molecule has 1 saturated carbocycles. The van der Waals surface area contributed by atoms with Crippen LogP contribution in [-0.4, -0.2) is 35.2 Å². The van der Waals surface area contributed by atoms with Crippen LogP contribution in [0.25, 0.3) is 0 Å². The Morgan fingerprint density at radius 3 is 2.50 bits per heavy atom. The summed E-state index contributed by atoms with van der Waals surface area (Å²) >= 11 is 0. The highest BCUT2D eigenvalue weighted by atomic mass is 32.2. The lowest BCUT2D eigenvalue weighted by Crippen LogP contribution is -2.38. The minimum atomic E-state index is -3.54. The largest absolute Gasteiger partial charge is 0.393 e. The molecule has 0 aliphatic heterocycles. The summed E-state index contributed by atoms with van der Waals surface area (Å²) in [4.78, 5) is 4.03. The topological polar surface area (TPSA) is 84.2 Å². The van der Waals surface area contributed by atoms with Crippen LogP contribution in [-0.2, 0) is 17.1 Å². The van der Waals surface area contributed by atoms with E-state index in [0.717, 1.165) is 0 Å². The van der Waals surface area contributed by atoms with E-state index in [1.165, 1.54) is 6.20 Å². The molecule has 0 unspecified atom stereocenters. The number of rotatable bonds is 3. The molecule has 0 spiro atoms. The molecular formula is C11H19N3O3S. The highest BCUT2D eigenvalue weighted by Crippen LogP contribution is 2.20. The average molecular weight is 273 g/mol. The predicted molar refractivity (Wildman–Crippen MR) is 66.5 cm³/mol. The maximum absolute atomic E-state index is 12.1. The van der Waals surface area contributed by atoms with Gasteiger partial charge in [0.25, 0.3) is 10.0 Å². The Labute approximate surface area is 107 Å². The van der Waals surface area contributed by atoms with Crippen LogP contribution < -0.4 is 4.72 Å². The molecule has 2 rings (SSSR count). The molecule has 18 heavy (non-hydrogen) atoms. The first kappa shape index (κ1) is 13.5. The van der Waals surface area contributed by atoms with Gasteiger partial charge in [-0.05, 0) is 32.6 Å². The van der Waals surface area contributed by atoms with Gasteiger partial charge in [0.1, 0.15) is 5.82 Å². The van der Waals surface area contributed by atoms with Gasteiger partial charge in [-0.2, -0.15) is 0 Å². The van der Waals surface area contributed by atoms with Gasteiger partial charge in [-0.25, -0.2) is 18.1 Å². The molecule has 1 heterocycles. The minimum absolute atomic E-state index is 0.0635. The van der Waals surface area contributed by atoms with Crippen LogP contribution >= 0.6 is 0 Å². The van der Waals surface area contributed by atoms with E-state index in [1.807, 2.05) is 0 Å². The third-order valence-corrected chi connectivity index (χ3v) is 4.77. The number of aliphatic hydroxyl groups is 1. The van der Waals surface area contributed by atoms with E-state index in [1.54, 1.807) is 18.5 Å². The molecule has 6 nitrogen and oxygen atoms in total. The lowest BCUT2D eigenvalue weighted by molar-refractivity contribution is 0.120. The number of nitrogens with one attached hydrogen (secondary N) is 1. The second-order valence-corrected chi connectivity index (χ2v) is 6.52. The van der Waals surface area contributed by atoms with Crippen molar-refractivity contribution in [2.75, 3.05) is 0 Å². The normalized spacial score (nSPS) is 25.3. The van der Waals surface area contributed by atoms with Crippen molar-refractivity contribution in [3.8, 4) is 0 Å². The van der Waals surface area contributed by atoms with E-state index in [9.17, 15) is 13.5 Å². The third kappa shape index (κ3) is 2.90. The number of sulfonamides is 1. The number of aromatic nitrogens is 2. The van der Waals surface area contributed by atoms with Crippen molar-refractivity contribution in [2.45, 2.75) is 49.8 Å². The number of hydrogen-bond donors (Lipinski definition) is 2. The molecule has 1 aliphatic rings. The van der Waals surface area contributed by atoms with E-state index < -0.39 is 10.0 Å². The van der Waals surface area contributed by atoms with Crippen LogP contribution in [0.5, 0.6) is 0 Å². The molecule has 1 aromatic heterocycles. The van der Waals surface area contributed by atoms with Crippen LogP contribution in [0.4, 0.5) is 0 Å². The fourth-order valence-electron chi connectivity index (χ4n) is 2.13. The third-order valence-electron chi connectivity index (χ3n) is 3.38. The molecule has 102 valence electrons. The minimum Gasteiger partial charge on any atom is -0.393 e. The first-order valence-electron chi connectivity index (χ1n) is 6.09. The van der Waals surface area contributed by atoms with Crippen molar-refractivity contribution in [1.82, 2.24) is 14.3 Å². The van der Waals surface area contributed by atoms with E-state index in [2.05, 4.69) is 9.71 Å². The van der Waals surface area contributed by atoms with Gasteiger partial charge in [-0.15, -0.1) is 0 Å². The Kier molecular flexibility index (Phi) is 3.74. The van der Waals surface area contributed by atoms with Crippen LogP contribution in [0, 0.1) is 6.92 Å². The zero-order valence-electron chi connectivity index (χ0n) is 10.6. The van der Waals surface area contributed by atoms with Crippen molar-refractivity contribution >= 4 is 10.0 Å². The summed E-state index contributed by atoms with van der Waals surface area (Å²) in [6, 6.07) is -0.0966. The van der Waals surface area contributed by atoms with Crippen molar-refractivity contribution in [2.24, 2.45) is 7.05 Å². The quantitative estimate of drug-likeness (QED) is 0.830. The van der Waals surface area contributed by atoms with Crippen molar-refractivity contribution < 1.29 is 13.5 Å². The Morgan fingerprint density at radius 2 is 2.00 bits per heavy atom. The fourth-order valence-corrected chi connectivity index (χ4v) is 3.47. The monoisotopic (exact) mass is 273 g/mol. The summed E-state index contributed by atoms with van der Waals surface area (Å²) in [6.07, 6.45) is 3.86. The molecular weight excluding hydrogens is 254 g/mol. The predicted octanol–water partition coefficient (Wildman–Crippen LogP) is 0.310. The molecule has 0 atom stereocenters. The highest BCUT2D eigenvalue weighted by Gasteiger charge is 2.26. The van der Waals surface area contributed by atoms with Crippen molar-refractivity contribution in [3.05, 3.63) is 12.0 Å². The van der Waals surface area contributed by atoms with Crippen LogP contribution in [0.3, 0.4) is 0 Å². The van der Waals surface area contributed by atoms with Gasteiger partial charge in [0, 0.05) is 19.3 Å². The Bertz CT molecular complexity index is 496. The fraction of sp³-hybridized carbons (Fsp3) is 0.727. The molecule has 0 aromatic carbocycles. The van der Waals surface area contributed by atoms with E-state index in [0.29, 0.717) is 31.5 Å². The van der Waals surface area contributed by atoms with Crippen molar-refractivity contribution in [1.29, 1.82) is 0 Å². The van der Waals surface area contributed by atoms with Crippen LogP contribution in [0.15, 0.2) is 11.2 Å². The van der Waals surface area contributed by atoms with E-state index in [-0.39, 0.29) is 17.2 Å². The molecule has 1 fully saturated rings. The zero-order chi connectivity index (χ0) is 13.3. The number of hydrogen-bond acceptors (Lipinski definition) is 4. The number of aliphatic hydroxyl groups excluding tert-OH is 1. The van der Waals surface area contributed by atoms with Gasteiger partial charge in [-0.3, -0.25) is 0 Å². The Balaban J connectivity index is 2.08. The zero-order valence-corrected chi connectivity index (χ0v) is 11.4. The smallest absolute Gasteiger partial charge is 0.259 e. The summed E-state index contributed by atoms with van der Waals surface area (Å²) in [6.45, 7) is 1.76. The van der Waals surface area contributed by atoms with Crippen LogP contribution in [0.2, 0.25) is 0 Å². The Hall–Kier alpha value is -0.920. The molecule has 0 radical (unpaired) electrons. The second kappa shape index (κ2) is 4.99. The van der Waals surface area contributed by atoms with Gasteiger partial charge in [0.15, 0.2) is 5.03 Å². The molecule has 1 aromatic rings. The molecule has 2 N–H and O–H groups in total. The maximum atomic E-state index is 12.1. The SMILES string of the molecule is Cc1nc(S(=O)(=O)NC2CCC(O)CC2)cn1C. The standard InChI is InChI=1S/C11H19N3O3S/c1-8-12-11(7-14(8)2)18(16,17)13-9-3-5-10(15)6-4-9/h7,9-10,13,15H,3-6H2,1-2H3. The van der Waals surface area contributed by atoms with Gasteiger partial charge in [-0.1, -0.05) is 0 Å². The number of nitrogens with zero attached hydrogens (tertiary/aromatic N) is 2. The number of imidazole rings is 1. The first-order chi connectivity index (χ1) is 8.38. The summed E-state index contributed by atoms with van der Waals surface area (Å²) in [5.74, 6) is 0.662. The van der Waals surface area contributed by atoms with E-state index in [4.69, 9.17) is 0 Å². The van der Waals surface area contributed by atoms with Gasteiger partial charge >= 0.3 is 0 Å². The van der Waals surface area contributed by atoms with Gasteiger partial charge in [0.05, 0.1) is 6.10 Å². The van der Waals surface area contributed by atoms with Crippen LogP contribution in [0.1, 0.15) is 31.5 Å². The Morgan fingerprint density at radius 1 is 1.39 bits per heavy atom. The van der Waals surface area contributed by atoms with E-state index >= 15 is 0 Å². The molecule has 0 amide bonds. The first-order valence-corrected chi connectivity index (χ1v) is 7.57. The molecule has 0 bridgehead atoms. The maximum Gasteiger partial charge on any atom is 0.259 e.